The van der Waals surface area contributed by atoms with Gasteiger partial charge in [-0.15, -0.1) is 0 Å². The molecule has 0 aromatic heterocycles. The molecule has 3 rings (SSSR count). The van der Waals surface area contributed by atoms with Crippen LogP contribution in [0.15, 0.2) is 41.3 Å². The summed E-state index contributed by atoms with van der Waals surface area (Å²) in [5, 5.41) is 2.68. The van der Waals surface area contributed by atoms with Crippen LogP contribution in [0, 0.1) is 6.92 Å². The number of piperidine rings is 1. The monoisotopic (exact) mass is 448 g/mol. The first-order valence-electron chi connectivity index (χ1n) is 10.1. The average Bonchev–Trinajstić information content (AvgIpc) is 2.78. The van der Waals surface area contributed by atoms with Crippen molar-refractivity contribution in [3.8, 4) is 17.2 Å². The Bertz CT molecular complexity index is 1030. The van der Waals surface area contributed by atoms with Crippen molar-refractivity contribution in [2.24, 2.45) is 0 Å². The fraction of sp³-hybridized carbons (Fsp3) is 0.409. The minimum Gasteiger partial charge on any atom is -0.495 e. The van der Waals surface area contributed by atoms with E-state index >= 15 is 0 Å². The van der Waals surface area contributed by atoms with Gasteiger partial charge in [0.2, 0.25) is 10.0 Å². The molecule has 2 aromatic rings. The smallest absolute Gasteiger partial charge is 0.262 e. The number of carbonyl (C=O) groups is 1. The molecule has 0 aliphatic carbocycles. The number of aryl methyl sites for hydroxylation is 1. The third kappa shape index (κ3) is 5.48. The molecule has 1 N–H and O–H groups in total. The van der Waals surface area contributed by atoms with E-state index in [1.165, 1.54) is 36.7 Å². The van der Waals surface area contributed by atoms with Crippen molar-refractivity contribution >= 4 is 21.6 Å². The molecular weight excluding hydrogens is 420 g/mol. The number of benzene rings is 2. The first-order chi connectivity index (χ1) is 14.8. The zero-order valence-electron chi connectivity index (χ0n) is 18.0. The largest absolute Gasteiger partial charge is 0.495 e. The van der Waals surface area contributed by atoms with Crippen LogP contribution in [0.3, 0.4) is 0 Å². The van der Waals surface area contributed by atoms with Gasteiger partial charge < -0.3 is 19.5 Å². The third-order valence-electron chi connectivity index (χ3n) is 5.08. The van der Waals surface area contributed by atoms with Gasteiger partial charge in [-0.05, 0) is 55.7 Å². The summed E-state index contributed by atoms with van der Waals surface area (Å²) in [5.74, 6) is 0.879. The molecule has 0 unspecified atom stereocenters. The number of nitrogens with zero attached hydrogens (tertiary/aromatic N) is 1. The Morgan fingerprint density at radius 1 is 0.968 bits per heavy atom. The fourth-order valence-electron chi connectivity index (χ4n) is 3.42. The lowest BCUT2D eigenvalue weighted by Gasteiger charge is -2.26. The maximum Gasteiger partial charge on any atom is 0.262 e. The van der Waals surface area contributed by atoms with Crippen LogP contribution in [-0.4, -0.2) is 52.5 Å². The van der Waals surface area contributed by atoms with Gasteiger partial charge in [-0.25, -0.2) is 8.42 Å². The predicted octanol–water partition coefficient (Wildman–Crippen LogP) is 3.20. The van der Waals surface area contributed by atoms with Crippen LogP contribution in [0.2, 0.25) is 0 Å². The normalized spacial score (nSPS) is 14.7. The van der Waals surface area contributed by atoms with Crippen molar-refractivity contribution in [2.45, 2.75) is 31.1 Å². The van der Waals surface area contributed by atoms with Crippen LogP contribution in [0.25, 0.3) is 0 Å². The summed E-state index contributed by atoms with van der Waals surface area (Å²) in [7, 11) is -0.651. The maximum absolute atomic E-state index is 13.0. The Balaban J connectivity index is 1.74. The zero-order chi connectivity index (χ0) is 22.4. The summed E-state index contributed by atoms with van der Waals surface area (Å²) in [5.41, 5.74) is 1.27. The SMILES string of the molecule is COc1ccc(S(=O)(=O)N2CCCCC2)cc1NC(=O)COc1ccc(C)cc1OC. The lowest BCUT2D eigenvalue weighted by Crippen LogP contribution is -2.35. The topological polar surface area (TPSA) is 94.2 Å². The predicted molar refractivity (Wildman–Crippen MR) is 117 cm³/mol. The van der Waals surface area contributed by atoms with Gasteiger partial charge in [-0.2, -0.15) is 4.31 Å². The molecule has 2 aromatic carbocycles. The minimum absolute atomic E-state index is 0.117. The third-order valence-corrected chi connectivity index (χ3v) is 6.97. The number of nitrogens with one attached hydrogen (secondary N) is 1. The highest BCUT2D eigenvalue weighted by atomic mass is 32.2. The van der Waals surface area contributed by atoms with E-state index in [2.05, 4.69) is 5.32 Å². The highest BCUT2D eigenvalue weighted by Gasteiger charge is 2.27. The van der Waals surface area contributed by atoms with Gasteiger partial charge in [0.25, 0.3) is 5.91 Å². The lowest BCUT2D eigenvalue weighted by molar-refractivity contribution is -0.118. The van der Waals surface area contributed by atoms with Crippen molar-refractivity contribution in [1.82, 2.24) is 4.31 Å². The van der Waals surface area contributed by atoms with E-state index in [1.807, 2.05) is 19.1 Å². The molecule has 1 saturated heterocycles. The Morgan fingerprint density at radius 2 is 1.65 bits per heavy atom. The van der Waals surface area contributed by atoms with E-state index < -0.39 is 15.9 Å². The second-order valence-corrected chi connectivity index (χ2v) is 9.26. The fourth-order valence-corrected chi connectivity index (χ4v) is 4.97. The summed E-state index contributed by atoms with van der Waals surface area (Å²) in [4.78, 5) is 12.6. The molecule has 31 heavy (non-hydrogen) atoms. The second kappa shape index (κ2) is 10.0. The summed E-state index contributed by atoms with van der Waals surface area (Å²) in [6.45, 7) is 2.66. The molecule has 1 aliphatic heterocycles. The van der Waals surface area contributed by atoms with Crippen molar-refractivity contribution in [1.29, 1.82) is 0 Å². The molecule has 9 heteroatoms. The Labute approximate surface area is 183 Å². The maximum atomic E-state index is 13.0. The van der Waals surface area contributed by atoms with E-state index in [1.54, 1.807) is 6.07 Å². The minimum atomic E-state index is -3.63. The van der Waals surface area contributed by atoms with Crippen LogP contribution >= 0.6 is 0 Å². The average molecular weight is 449 g/mol. The molecule has 1 fully saturated rings. The molecule has 0 saturated carbocycles. The van der Waals surface area contributed by atoms with E-state index in [-0.39, 0.29) is 17.2 Å². The lowest BCUT2D eigenvalue weighted by atomic mass is 10.2. The van der Waals surface area contributed by atoms with Gasteiger partial charge in [0.1, 0.15) is 5.75 Å². The summed E-state index contributed by atoms with van der Waals surface area (Å²) < 4.78 is 43.6. The van der Waals surface area contributed by atoms with E-state index in [9.17, 15) is 13.2 Å². The molecule has 168 valence electrons. The molecule has 1 heterocycles. The van der Waals surface area contributed by atoms with Crippen LogP contribution in [0.4, 0.5) is 5.69 Å². The molecule has 0 atom stereocenters. The number of methoxy groups -OCH3 is 2. The number of amides is 1. The molecule has 0 spiro atoms. The highest BCUT2D eigenvalue weighted by molar-refractivity contribution is 7.89. The molecule has 0 bridgehead atoms. The zero-order valence-corrected chi connectivity index (χ0v) is 18.8. The summed E-state index contributed by atoms with van der Waals surface area (Å²) in [6, 6.07) is 9.85. The summed E-state index contributed by atoms with van der Waals surface area (Å²) >= 11 is 0. The van der Waals surface area contributed by atoms with Crippen molar-refractivity contribution in [3.63, 3.8) is 0 Å². The van der Waals surface area contributed by atoms with Crippen LogP contribution < -0.4 is 19.5 Å². The van der Waals surface area contributed by atoms with Gasteiger partial charge >= 0.3 is 0 Å². The van der Waals surface area contributed by atoms with Gasteiger partial charge in [0, 0.05) is 13.1 Å². The number of rotatable bonds is 8. The Kier molecular flexibility index (Phi) is 7.40. The van der Waals surface area contributed by atoms with Crippen LogP contribution in [0.5, 0.6) is 17.2 Å². The van der Waals surface area contributed by atoms with Crippen LogP contribution in [-0.2, 0) is 14.8 Å². The van der Waals surface area contributed by atoms with Gasteiger partial charge in [-0.3, -0.25) is 4.79 Å². The quantitative estimate of drug-likeness (QED) is 0.667. The van der Waals surface area contributed by atoms with Gasteiger partial charge in [0.05, 0.1) is 24.8 Å². The van der Waals surface area contributed by atoms with Gasteiger partial charge in [-0.1, -0.05) is 12.5 Å². The molecular formula is C22H28N2O6S. The number of ether oxygens (including phenoxy) is 3. The van der Waals surface area contributed by atoms with Gasteiger partial charge in [0.15, 0.2) is 18.1 Å². The first kappa shape index (κ1) is 22.9. The number of sulfonamides is 1. The van der Waals surface area contributed by atoms with Crippen molar-refractivity contribution < 1.29 is 27.4 Å². The number of anilines is 1. The number of carbonyl (C=O) groups excluding carboxylic acids is 1. The summed E-state index contributed by atoms with van der Waals surface area (Å²) in [6.07, 6.45) is 2.72. The molecule has 0 radical (unpaired) electrons. The number of hydrogen-bond acceptors (Lipinski definition) is 6. The standard InChI is InChI=1S/C22H28N2O6S/c1-16-7-9-20(21(13-16)29-3)30-15-22(25)23-18-14-17(8-10-19(18)28-2)31(26,27)24-11-5-4-6-12-24/h7-10,13-14H,4-6,11-12,15H2,1-3H3,(H,23,25). The Morgan fingerprint density at radius 3 is 2.32 bits per heavy atom. The van der Waals surface area contributed by atoms with Crippen molar-refractivity contribution in [2.75, 3.05) is 39.2 Å². The van der Waals surface area contributed by atoms with E-state index in [4.69, 9.17) is 14.2 Å². The highest BCUT2D eigenvalue weighted by Crippen LogP contribution is 2.31. The number of hydrogen-bond donors (Lipinski definition) is 1. The van der Waals surface area contributed by atoms with E-state index in [0.29, 0.717) is 30.3 Å². The second-order valence-electron chi connectivity index (χ2n) is 7.32. The molecule has 8 nitrogen and oxygen atoms in total. The van der Waals surface area contributed by atoms with Crippen LogP contribution in [0.1, 0.15) is 24.8 Å². The Hall–Kier alpha value is -2.78. The molecule has 1 aliphatic rings. The van der Waals surface area contributed by atoms with E-state index in [0.717, 1.165) is 24.8 Å². The first-order valence-corrected chi connectivity index (χ1v) is 11.5. The van der Waals surface area contributed by atoms with Crippen molar-refractivity contribution in [3.05, 3.63) is 42.0 Å². The molecule has 1 amide bonds.